The Morgan fingerprint density at radius 1 is 1.32 bits per heavy atom. The predicted molar refractivity (Wildman–Crippen MR) is 92.1 cm³/mol. The van der Waals surface area contributed by atoms with E-state index in [1.54, 1.807) is 12.1 Å². The summed E-state index contributed by atoms with van der Waals surface area (Å²) in [5.41, 5.74) is 6.06. The van der Waals surface area contributed by atoms with Gasteiger partial charge in [-0.05, 0) is 45.7 Å². The lowest BCUT2D eigenvalue weighted by molar-refractivity contribution is -0.0493. The Bertz CT molecular complexity index is 597. The third-order valence-electron chi connectivity index (χ3n) is 3.79. The average molecular weight is 357 g/mol. The Morgan fingerprint density at radius 2 is 1.96 bits per heavy atom. The molecule has 0 spiro atoms. The van der Waals surface area contributed by atoms with Crippen molar-refractivity contribution in [2.75, 3.05) is 23.7 Å². The molecule has 1 aliphatic heterocycles. The van der Waals surface area contributed by atoms with Crippen LogP contribution in [0.1, 0.15) is 33.6 Å². The lowest BCUT2D eigenvalue weighted by atomic mass is 10.0. The van der Waals surface area contributed by atoms with Gasteiger partial charge in [0.15, 0.2) is 5.75 Å². The van der Waals surface area contributed by atoms with Crippen LogP contribution in [-0.2, 0) is 4.74 Å². The number of carbonyl (C=O) groups is 1. The van der Waals surface area contributed by atoms with Gasteiger partial charge in [0.1, 0.15) is 5.60 Å². The van der Waals surface area contributed by atoms with Crippen molar-refractivity contribution in [3.63, 3.8) is 0 Å². The summed E-state index contributed by atoms with van der Waals surface area (Å²) in [4.78, 5) is 13.9. The first-order chi connectivity index (χ1) is 11.6. The molecule has 8 heteroatoms. The molecule has 0 atom stereocenters. The molecule has 0 unspecified atom stereocenters. The van der Waals surface area contributed by atoms with E-state index in [4.69, 9.17) is 10.5 Å². The highest BCUT2D eigenvalue weighted by Crippen LogP contribution is 2.30. The second-order valence-corrected chi connectivity index (χ2v) is 7.01. The van der Waals surface area contributed by atoms with Gasteiger partial charge in [-0.3, -0.25) is 0 Å². The Hall–Kier alpha value is -2.25. The third kappa shape index (κ3) is 5.95. The first kappa shape index (κ1) is 19.1. The zero-order valence-corrected chi connectivity index (χ0v) is 14.7. The van der Waals surface area contributed by atoms with E-state index in [-0.39, 0.29) is 17.5 Å². The average Bonchev–Trinajstić information content (AvgIpc) is 2.48. The maximum absolute atomic E-state index is 12.4. The first-order valence-electron chi connectivity index (χ1n) is 8.23. The van der Waals surface area contributed by atoms with Gasteiger partial charge < -0.3 is 25.4 Å². The van der Waals surface area contributed by atoms with Gasteiger partial charge >= 0.3 is 12.7 Å². The molecule has 1 aromatic rings. The molecule has 0 bridgehead atoms. The Kier molecular flexibility index (Phi) is 5.92. The molecule has 2 rings (SSSR count). The number of hydrogen-bond donors (Lipinski definition) is 2. The monoisotopic (exact) mass is 357 g/mol. The molecular formula is C17H25F2N3O3. The standard InChI is InChI=1S/C17H25F2N3O3/c1-17(2,3)25-16(23)21-11-6-8-22(9-7-11)12-4-5-13(20)14(10-12)24-15(18)19/h4-5,10-11,15H,6-9,20H2,1-3H3,(H,21,23). The molecule has 3 N–H and O–H groups in total. The molecular weight excluding hydrogens is 332 g/mol. The van der Waals surface area contributed by atoms with Crippen molar-refractivity contribution >= 4 is 17.5 Å². The van der Waals surface area contributed by atoms with E-state index in [2.05, 4.69) is 10.1 Å². The van der Waals surface area contributed by atoms with Crippen LogP contribution >= 0.6 is 0 Å². The maximum Gasteiger partial charge on any atom is 0.407 e. The van der Waals surface area contributed by atoms with E-state index in [1.165, 1.54) is 6.07 Å². The molecule has 1 amide bonds. The molecule has 25 heavy (non-hydrogen) atoms. The van der Waals surface area contributed by atoms with Crippen LogP contribution in [-0.4, -0.2) is 37.4 Å². The molecule has 1 heterocycles. The number of alkyl carbamates (subject to hydrolysis) is 1. The molecule has 1 saturated heterocycles. The summed E-state index contributed by atoms with van der Waals surface area (Å²) in [6.07, 6.45) is 1.04. The second-order valence-electron chi connectivity index (χ2n) is 7.01. The van der Waals surface area contributed by atoms with E-state index < -0.39 is 18.3 Å². The second kappa shape index (κ2) is 7.76. The lowest BCUT2D eigenvalue weighted by Gasteiger charge is -2.34. The zero-order chi connectivity index (χ0) is 18.6. The topological polar surface area (TPSA) is 76.8 Å². The summed E-state index contributed by atoms with van der Waals surface area (Å²) in [7, 11) is 0. The third-order valence-corrected chi connectivity index (χ3v) is 3.79. The van der Waals surface area contributed by atoms with Gasteiger partial charge in [-0.2, -0.15) is 8.78 Å². The highest BCUT2D eigenvalue weighted by Gasteiger charge is 2.24. The number of piperidine rings is 1. The fraction of sp³-hybridized carbons (Fsp3) is 0.588. The number of nitrogens with zero attached hydrogens (tertiary/aromatic N) is 1. The van der Waals surface area contributed by atoms with Crippen molar-refractivity contribution in [1.29, 1.82) is 0 Å². The highest BCUT2D eigenvalue weighted by molar-refractivity contribution is 5.68. The molecule has 0 saturated carbocycles. The Morgan fingerprint density at radius 3 is 2.52 bits per heavy atom. The van der Waals surface area contributed by atoms with Crippen molar-refractivity contribution in [3.05, 3.63) is 18.2 Å². The number of nitrogens with two attached hydrogens (primary N) is 1. The number of carbonyl (C=O) groups excluding carboxylic acids is 1. The summed E-state index contributed by atoms with van der Waals surface area (Å²) in [6, 6.07) is 4.87. The van der Waals surface area contributed by atoms with Crippen LogP contribution in [0.2, 0.25) is 0 Å². The number of anilines is 2. The zero-order valence-electron chi connectivity index (χ0n) is 14.7. The Labute approximate surface area is 146 Å². The fourth-order valence-electron chi connectivity index (χ4n) is 2.67. The normalized spacial score (nSPS) is 16.0. The van der Waals surface area contributed by atoms with Gasteiger partial charge in [-0.25, -0.2) is 4.79 Å². The molecule has 1 fully saturated rings. The minimum absolute atomic E-state index is 0.0247. The smallest absolute Gasteiger partial charge is 0.407 e. The molecule has 1 aliphatic rings. The number of ether oxygens (including phenoxy) is 2. The predicted octanol–water partition coefficient (Wildman–Crippen LogP) is 3.36. The molecule has 0 aromatic heterocycles. The van der Waals surface area contributed by atoms with Crippen LogP contribution in [0.4, 0.5) is 25.0 Å². The van der Waals surface area contributed by atoms with Crippen LogP contribution in [0, 0.1) is 0 Å². The van der Waals surface area contributed by atoms with Crippen molar-refractivity contribution in [1.82, 2.24) is 5.32 Å². The molecule has 1 aromatic carbocycles. The van der Waals surface area contributed by atoms with Crippen LogP contribution in [0.5, 0.6) is 5.75 Å². The number of rotatable bonds is 4. The number of amides is 1. The highest BCUT2D eigenvalue weighted by atomic mass is 19.3. The largest absolute Gasteiger partial charge is 0.444 e. The van der Waals surface area contributed by atoms with Gasteiger partial charge in [0.25, 0.3) is 0 Å². The summed E-state index contributed by atoms with van der Waals surface area (Å²) in [6.45, 7) is 3.89. The van der Waals surface area contributed by atoms with Crippen LogP contribution in [0.15, 0.2) is 18.2 Å². The SMILES string of the molecule is CC(C)(C)OC(=O)NC1CCN(c2ccc(N)c(OC(F)F)c2)CC1. The van der Waals surface area contributed by atoms with E-state index in [0.29, 0.717) is 13.1 Å². The van der Waals surface area contributed by atoms with Gasteiger partial charge in [0, 0.05) is 30.9 Å². The number of benzene rings is 1. The van der Waals surface area contributed by atoms with Gasteiger partial charge in [-0.1, -0.05) is 0 Å². The van der Waals surface area contributed by atoms with Crippen molar-refractivity contribution in [2.24, 2.45) is 0 Å². The summed E-state index contributed by atoms with van der Waals surface area (Å²) < 4.78 is 34.5. The number of alkyl halides is 2. The maximum atomic E-state index is 12.4. The van der Waals surface area contributed by atoms with Gasteiger partial charge in [0.2, 0.25) is 0 Å². The number of nitrogen functional groups attached to an aromatic ring is 1. The van der Waals surface area contributed by atoms with Gasteiger partial charge in [0.05, 0.1) is 5.69 Å². The quantitative estimate of drug-likeness (QED) is 0.808. The summed E-state index contributed by atoms with van der Waals surface area (Å²) >= 11 is 0. The molecule has 140 valence electrons. The number of nitrogens with one attached hydrogen (secondary N) is 1. The number of halogens is 2. The molecule has 6 nitrogen and oxygen atoms in total. The van der Waals surface area contributed by atoms with Crippen molar-refractivity contribution in [3.8, 4) is 5.75 Å². The van der Waals surface area contributed by atoms with E-state index >= 15 is 0 Å². The Balaban J connectivity index is 1.90. The minimum Gasteiger partial charge on any atom is -0.444 e. The summed E-state index contributed by atoms with van der Waals surface area (Å²) in [5.74, 6) is -0.0264. The molecule has 0 radical (unpaired) electrons. The van der Waals surface area contributed by atoms with Crippen LogP contribution in [0.3, 0.4) is 0 Å². The van der Waals surface area contributed by atoms with E-state index in [9.17, 15) is 13.6 Å². The fourth-order valence-corrected chi connectivity index (χ4v) is 2.67. The number of hydrogen-bond acceptors (Lipinski definition) is 5. The van der Waals surface area contributed by atoms with Crippen LogP contribution < -0.4 is 20.7 Å². The first-order valence-corrected chi connectivity index (χ1v) is 8.23. The van der Waals surface area contributed by atoms with E-state index in [1.807, 2.05) is 25.7 Å². The van der Waals surface area contributed by atoms with Crippen molar-refractivity contribution in [2.45, 2.75) is 51.9 Å². The van der Waals surface area contributed by atoms with Gasteiger partial charge in [-0.15, -0.1) is 0 Å². The van der Waals surface area contributed by atoms with E-state index in [0.717, 1.165) is 18.5 Å². The van der Waals surface area contributed by atoms with Crippen LogP contribution in [0.25, 0.3) is 0 Å². The molecule has 0 aliphatic carbocycles. The summed E-state index contributed by atoms with van der Waals surface area (Å²) in [5, 5.41) is 2.86. The van der Waals surface area contributed by atoms with Crippen molar-refractivity contribution < 1.29 is 23.0 Å². The minimum atomic E-state index is -2.92. The lowest BCUT2D eigenvalue weighted by Crippen LogP contribution is -2.46.